The summed E-state index contributed by atoms with van der Waals surface area (Å²) in [6.45, 7) is 7.62. The van der Waals surface area contributed by atoms with Crippen molar-refractivity contribution >= 4 is 51.8 Å². The Hall–Kier alpha value is -5.66. The fraction of sp³-hybridized carbons (Fsp3) is 0.250. The highest BCUT2D eigenvalue weighted by Crippen LogP contribution is 2.40. The summed E-state index contributed by atoms with van der Waals surface area (Å²) >= 11 is 7.96. The van der Waals surface area contributed by atoms with Crippen LogP contribution < -0.4 is 15.5 Å². The van der Waals surface area contributed by atoms with Gasteiger partial charge in [-0.25, -0.2) is 15.4 Å². The molecule has 0 saturated carbocycles. The molecule has 0 fully saturated rings. The van der Waals surface area contributed by atoms with Gasteiger partial charge in [-0.1, -0.05) is 41.9 Å². The molecule has 0 radical (unpaired) electrons. The lowest BCUT2D eigenvalue weighted by molar-refractivity contribution is -0.117. The summed E-state index contributed by atoms with van der Waals surface area (Å²) in [5.74, 6) is 2.05. The molecule has 2 aliphatic rings. The number of carbonyl (C=O) groups is 2. The summed E-state index contributed by atoms with van der Waals surface area (Å²) in [5.41, 5.74) is 12.6. The summed E-state index contributed by atoms with van der Waals surface area (Å²) in [6.07, 6.45) is 4.63. The number of imidazole rings is 1. The van der Waals surface area contributed by atoms with Crippen LogP contribution in [0.2, 0.25) is 5.02 Å². The third-order valence-electron chi connectivity index (χ3n) is 10.1. The van der Waals surface area contributed by atoms with Gasteiger partial charge in [-0.15, -0.1) is 11.3 Å². The van der Waals surface area contributed by atoms with E-state index in [0.717, 1.165) is 61.2 Å². The van der Waals surface area contributed by atoms with E-state index in [4.69, 9.17) is 35.9 Å². The first kappa shape index (κ1) is 38.2. The van der Waals surface area contributed by atoms with Crippen molar-refractivity contribution in [2.75, 3.05) is 37.2 Å². The number of rotatable bonds is 14. The number of aryl methyl sites for hydroxylation is 2. The molecule has 57 heavy (non-hydrogen) atoms. The van der Waals surface area contributed by atoms with E-state index >= 15 is 0 Å². The number of thiophene rings is 1. The van der Waals surface area contributed by atoms with Gasteiger partial charge in [-0.3, -0.25) is 24.0 Å². The lowest BCUT2D eigenvalue weighted by atomic mass is 9.99. The molecule has 3 aromatic heterocycles. The van der Waals surface area contributed by atoms with E-state index < -0.39 is 6.04 Å². The maximum atomic E-state index is 13.5. The van der Waals surface area contributed by atoms with Gasteiger partial charge in [0.1, 0.15) is 35.0 Å². The maximum Gasteiger partial charge on any atom is 0.227 e. The third kappa shape index (κ3) is 8.40. The predicted octanol–water partition coefficient (Wildman–Crippen LogP) is 8.60. The molecule has 290 valence electrons. The highest BCUT2D eigenvalue weighted by atomic mass is 35.5. The van der Waals surface area contributed by atoms with Gasteiger partial charge in [0.25, 0.3) is 0 Å². The van der Waals surface area contributed by atoms with Crippen molar-refractivity contribution in [2.45, 2.75) is 46.1 Å². The number of nitrogens with zero attached hydrogens (tertiary/aromatic N) is 4. The molecule has 1 aliphatic carbocycles. The first-order chi connectivity index (χ1) is 27.7. The normalized spacial score (nSPS) is 14.4. The molecular formula is C44H41ClN6O5S. The molecule has 1 amide bonds. The van der Waals surface area contributed by atoms with Gasteiger partial charge >= 0.3 is 0 Å². The molecule has 2 N–H and O–H groups in total. The van der Waals surface area contributed by atoms with Gasteiger partial charge in [-0.05, 0) is 91.6 Å². The van der Waals surface area contributed by atoms with E-state index in [2.05, 4.69) is 40.3 Å². The quantitative estimate of drug-likeness (QED) is 0.0828. The van der Waals surface area contributed by atoms with Gasteiger partial charge in [0.15, 0.2) is 5.82 Å². The van der Waals surface area contributed by atoms with E-state index in [9.17, 15) is 9.59 Å². The number of hydrogen-bond donors (Lipinski definition) is 2. The Bertz CT molecular complexity index is 2480. The minimum absolute atomic E-state index is 0.107. The van der Waals surface area contributed by atoms with Crippen LogP contribution in [0, 0.1) is 20.8 Å². The third-order valence-corrected chi connectivity index (χ3v) is 11.5. The summed E-state index contributed by atoms with van der Waals surface area (Å²) in [7, 11) is 0. The van der Waals surface area contributed by atoms with Gasteiger partial charge < -0.3 is 14.8 Å². The van der Waals surface area contributed by atoms with Crippen LogP contribution in [0.15, 0.2) is 96.2 Å². The molecule has 11 nitrogen and oxygen atoms in total. The van der Waals surface area contributed by atoms with Gasteiger partial charge in [0.05, 0.1) is 32.0 Å². The molecular weight excluding hydrogens is 760 g/mol. The summed E-state index contributed by atoms with van der Waals surface area (Å²) in [4.78, 5) is 46.7. The van der Waals surface area contributed by atoms with E-state index in [1.807, 2.05) is 85.9 Å². The number of ether oxygens (including phenoxy) is 2. The smallest absolute Gasteiger partial charge is 0.227 e. The first-order valence-electron chi connectivity index (χ1n) is 18.8. The summed E-state index contributed by atoms with van der Waals surface area (Å²) in [6, 6.07) is 24.3. The van der Waals surface area contributed by atoms with Crippen LogP contribution in [0.1, 0.15) is 56.7 Å². The number of ketones is 1. The van der Waals surface area contributed by atoms with Crippen molar-refractivity contribution in [3.63, 3.8) is 0 Å². The van der Waals surface area contributed by atoms with Crippen LogP contribution >= 0.6 is 22.9 Å². The number of benzene rings is 3. The number of pyridine rings is 1. The van der Waals surface area contributed by atoms with Gasteiger partial charge in [-0.2, -0.15) is 0 Å². The molecule has 13 heteroatoms. The fourth-order valence-corrected chi connectivity index (χ4v) is 8.49. The lowest BCUT2D eigenvalue weighted by Gasteiger charge is -2.14. The number of nitrogens with one attached hydrogen (secondary N) is 2. The summed E-state index contributed by atoms with van der Waals surface area (Å²) in [5, 5.41) is 4.73. The average Bonchev–Trinajstić information content (AvgIpc) is 3.84. The average molecular weight is 801 g/mol. The SMILES string of the molecule is Cc1sc2c(c1C)C(c1ccc(Cl)cc1)=N[C@@H](CC(=O)Nc1ccc(OCCOCCONc3ncccc3-c3ccc4c(c3)CC(=O)C4)cc1)c1ncc(C)n1-2. The Balaban J connectivity index is 0.814. The number of anilines is 2. The van der Waals surface area contributed by atoms with Crippen LogP contribution in [0.4, 0.5) is 11.5 Å². The molecule has 8 rings (SSSR count). The second-order valence-corrected chi connectivity index (χ2v) is 15.7. The van der Waals surface area contributed by atoms with Gasteiger partial charge in [0, 0.05) is 63.2 Å². The van der Waals surface area contributed by atoms with Crippen LogP contribution in [0.5, 0.6) is 5.75 Å². The zero-order valence-corrected chi connectivity index (χ0v) is 33.4. The van der Waals surface area contributed by atoms with Crippen molar-refractivity contribution < 1.29 is 23.9 Å². The van der Waals surface area contributed by atoms with E-state index in [1.165, 1.54) is 4.88 Å². The van der Waals surface area contributed by atoms with Crippen LogP contribution in [-0.4, -0.2) is 58.4 Å². The van der Waals surface area contributed by atoms with E-state index in [-0.39, 0.29) is 18.1 Å². The number of carbonyl (C=O) groups excluding carboxylic acids is 2. The standard InChI is InChI=1S/C44H41ClN6O5S/c1-26-25-47-43-38(49-41(29-8-10-33(45)11-9-29)40-27(2)28(3)57-44(40)51(26)43)24-39(53)48-34-12-14-36(15-13-34)55-19-17-54-18-20-56-50-42-37(5-4-16-46-42)31-7-6-30-22-35(52)23-32(30)21-31/h4-16,21,25,38H,17-20,22-24H2,1-3H3,(H,46,50)(H,48,53)/t38-/m0/s1. The van der Waals surface area contributed by atoms with Crippen LogP contribution in [0.25, 0.3) is 16.1 Å². The predicted molar refractivity (Wildman–Crippen MR) is 223 cm³/mol. The van der Waals surface area contributed by atoms with Crippen molar-refractivity contribution in [3.8, 4) is 21.9 Å². The van der Waals surface area contributed by atoms with Crippen LogP contribution in [-0.2, 0) is 32.0 Å². The highest BCUT2D eigenvalue weighted by Gasteiger charge is 2.31. The topological polar surface area (TPSA) is 129 Å². The molecule has 4 heterocycles. The molecule has 0 bridgehead atoms. The number of halogens is 1. The fourth-order valence-electron chi connectivity index (χ4n) is 7.14. The van der Waals surface area contributed by atoms with Gasteiger partial charge in [0.2, 0.25) is 5.91 Å². The van der Waals surface area contributed by atoms with E-state index in [1.54, 1.807) is 17.5 Å². The number of aromatic nitrogens is 3. The Labute approximate surface area is 339 Å². The Kier molecular flexibility index (Phi) is 11.3. The highest BCUT2D eigenvalue weighted by molar-refractivity contribution is 7.15. The minimum Gasteiger partial charge on any atom is -0.491 e. The van der Waals surface area contributed by atoms with Crippen molar-refractivity contribution in [3.05, 3.63) is 140 Å². The zero-order valence-electron chi connectivity index (χ0n) is 31.8. The number of aliphatic imine (C=N–C) groups is 1. The molecule has 1 aliphatic heterocycles. The molecule has 3 aromatic carbocycles. The number of hydrogen-bond acceptors (Lipinski definition) is 10. The van der Waals surface area contributed by atoms with Crippen LogP contribution in [0.3, 0.4) is 0 Å². The molecule has 0 unspecified atom stereocenters. The van der Waals surface area contributed by atoms with Crippen molar-refractivity contribution in [2.24, 2.45) is 4.99 Å². The van der Waals surface area contributed by atoms with E-state index in [0.29, 0.717) is 61.5 Å². The second-order valence-electron chi connectivity index (χ2n) is 14.0. The monoisotopic (exact) mass is 800 g/mol. The molecule has 0 spiro atoms. The number of Topliss-reactive ketones (excluding diaryl/α,β-unsaturated/α-hetero) is 1. The minimum atomic E-state index is -0.510. The Morgan fingerprint density at radius 1 is 0.912 bits per heavy atom. The summed E-state index contributed by atoms with van der Waals surface area (Å²) < 4.78 is 13.7. The number of amides is 1. The Morgan fingerprint density at radius 2 is 1.68 bits per heavy atom. The van der Waals surface area contributed by atoms with Crippen molar-refractivity contribution in [1.29, 1.82) is 0 Å². The largest absolute Gasteiger partial charge is 0.491 e. The Morgan fingerprint density at radius 3 is 2.51 bits per heavy atom. The maximum absolute atomic E-state index is 13.5. The zero-order chi connectivity index (χ0) is 39.5. The lowest BCUT2D eigenvalue weighted by Crippen LogP contribution is -2.17. The first-order valence-corrected chi connectivity index (χ1v) is 20.0. The van der Waals surface area contributed by atoms with Crippen molar-refractivity contribution in [1.82, 2.24) is 14.5 Å². The second kappa shape index (κ2) is 16.8. The molecule has 1 atom stereocenters. The molecule has 6 aromatic rings. The number of fused-ring (bicyclic) bond motifs is 4. The molecule has 0 saturated heterocycles.